The van der Waals surface area contributed by atoms with Crippen LogP contribution in [-0.2, 0) is 4.79 Å². The number of anilines is 1. The Hall–Kier alpha value is -0.330. The molecule has 1 amide bonds. The maximum Gasteiger partial charge on any atom is 0.224 e. The van der Waals surface area contributed by atoms with Crippen LogP contribution in [0.2, 0.25) is 5.02 Å². The van der Waals surface area contributed by atoms with E-state index >= 15 is 0 Å². The smallest absolute Gasteiger partial charge is 0.224 e. The third-order valence-electron chi connectivity index (χ3n) is 2.02. The Morgan fingerprint density at radius 3 is 2.81 bits per heavy atom. The molecule has 1 rings (SSSR count). The second kappa shape index (κ2) is 7.09. The molecule has 0 aliphatic carbocycles. The van der Waals surface area contributed by atoms with Crippen LogP contribution in [0.3, 0.4) is 0 Å². The first-order valence-corrected chi connectivity index (χ1v) is 6.45. The Labute approximate surface area is 113 Å². The van der Waals surface area contributed by atoms with Gasteiger partial charge in [-0.1, -0.05) is 11.6 Å². The number of rotatable bonds is 5. The summed E-state index contributed by atoms with van der Waals surface area (Å²) in [5, 5.41) is 11.9. The first-order chi connectivity index (χ1) is 7.63. The number of hydrogen-bond acceptors (Lipinski definition) is 2. The van der Waals surface area contributed by atoms with E-state index in [1.165, 1.54) is 0 Å². The molecule has 0 aliphatic rings. The van der Waals surface area contributed by atoms with Gasteiger partial charge in [0.1, 0.15) is 0 Å². The number of aliphatic hydroxyl groups is 1. The number of carbonyl (C=O) groups is 1. The number of nitrogens with one attached hydrogen (secondary N) is 1. The van der Waals surface area contributed by atoms with Crippen molar-refractivity contribution in [3.8, 4) is 0 Å². The number of hydrogen-bond donors (Lipinski definition) is 2. The Balaban J connectivity index is 2.49. The van der Waals surface area contributed by atoms with Crippen LogP contribution in [0.4, 0.5) is 5.69 Å². The van der Waals surface area contributed by atoms with E-state index in [-0.39, 0.29) is 12.5 Å². The fourth-order valence-electron chi connectivity index (χ4n) is 1.20. The summed E-state index contributed by atoms with van der Waals surface area (Å²) in [7, 11) is 0. The molecule has 0 fully saturated rings. The fourth-order valence-corrected chi connectivity index (χ4v) is 2.10. The molecule has 88 valence electrons. The Morgan fingerprint density at radius 1 is 1.44 bits per heavy atom. The van der Waals surface area contributed by atoms with Crippen molar-refractivity contribution in [2.75, 3.05) is 11.9 Å². The lowest BCUT2D eigenvalue weighted by Gasteiger charge is -2.07. The van der Waals surface area contributed by atoms with Crippen LogP contribution in [0.15, 0.2) is 18.2 Å². The third kappa shape index (κ3) is 4.67. The number of aliphatic hydroxyl groups excluding tert-OH is 1. The molecule has 0 aliphatic heterocycles. The second-order valence-electron chi connectivity index (χ2n) is 3.35. The topological polar surface area (TPSA) is 49.3 Å². The van der Waals surface area contributed by atoms with Gasteiger partial charge in [0.2, 0.25) is 5.91 Å². The summed E-state index contributed by atoms with van der Waals surface area (Å²) >= 11 is 8.13. The van der Waals surface area contributed by atoms with Crippen LogP contribution in [0.25, 0.3) is 0 Å². The number of benzene rings is 1. The van der Waals surface area contributed by atoms with Crippen LogP contribution in [0.1, 0.15) is 19.3 Å². The molecule has 2 N–H and O–H groups in total. The van der Waals surface area contributed by atoms with Crippen LogP contribution in [0, 0.1) is 3.57 Å². The summed E-state index contributed by atoms with van der Waals surface area (Å²) in [5.74, 6) is -0.0726. The van der Waals surface area contributed by atoms with Gasteiger partial charge in [-0.25, -0.2) is 0 Å². The Morgan fingerprint density at radius 2 is 2.19 bits per heavy atom. The van der Waals surface area contributed by atoms with Crippen LogP contribution < -0.4 is 5.32 Å². The monoisotopic (exact) mass is 353 g/mol. The van der Waals surface area contributed by atoms with Gasteiger partial charge in [-0.15, -0.1) is 0 Å². The molecule has 0 heterocycles. The maximum atomic E-state index is 11.5. The predicted molar refractivity (Wildman–Crippen MR) is 73.7 cm³/mol. The number of halogens is 2. The van der Waals surface area contributed by atoms with Gasteiger partial charge in [-0.05, 0) is 53.6 Å². The lowest BCUT2D eigenvalue weighted by atomic mass is 10.2. The number of unbranched alkanes of at least 4 members (excludes halogenated alkanes) is 1. The van der Waals surface area contributed by atoms with E-state index in [4.69, 9.17) is 16.7 Å². The summed E-state index contributed by atoms with van der Waals surface area (Å²) in [6.45, 7) is 0.123. The molecule has 16 heavy (non-hydrogen) atoms. The quantitative estimate of drug-likeness (QED) is 0.631. The molecule has 0 aromatic heterocycles. The van der Waals surface area contributed by atoms with Crippen molar-refractivity contribution < 1.29 is 9.90 Å². The molecule has 0 radical (unpaired) electrons. The first-order valence-electron chi connectivity index (χ1n) is 4.99. The Kier molecular flexibility index (Phi) is 6.08. The van der Waals surface area contributed by atoms with Crippen molar-refractivity contribution >= 4 is 45.8 Å². The molecule has 0 unspecified atom stereocenters. The van der Waals surface area contributed by atoms with E-state index in [1.54, 1.807) is 12.1 Å². The lowest BCUT2D eigenvalue weighted by Crippen LogP contribution is -2.11. The van der Waals surface area contributed by atoms with Gasteiger partial charge in [0.05, 0.1) is 10.7 Å². The molecule has 0 atom stereocenters. The highest BCUT2D eigenvalue weighted by Gasteiger charge is 2.05. The van der Waals surface area contributed by atoms with E-state index in [9.17, 15) is 4.79 Å². The molecule has 0 saturated carbocycles. The Bertz CT molecular complexity index is 371. The van der Waals surface area contributed by atoms with Gasteiger partial charge >= 0.3 is 0 Å². The molecule has 0 bridgehead atoms. The van der Waals surface area contributed by atoms with Gasteiger partial charge in [-0.3, -0.25) is 4.79 Å². The minimum absolute atomic E-state index is 0.0726. The standard InChI is InChI=1S/C11H13ClINO2/c12-9-7-8(13)4-5-10(9)14-11(16)3-1-2-6-15/h4-5,7,15H,1-3,6H2,(H,14,16). The zero-order valence-corrected chi connectivity index (χ0v) is 11.6. The lowest BCUT2D eigenvalue weighted by molar-refractivity contribution is -0.116. The largest absolute Gasteiger partial charge is 0.396 e. The zero-order valence-electron chi connectivity index (χ0n) is 8.67. The molecule has 1 aromatic rings. The highest BCUT2D eigenvalue weighted by molar-refractivity contribution is 14.1. The van der Waals surface area contributed by atoms with Gasteiger partial charge in [-0.2, -0.15) is 0 Å². The highest BCUT2D eigenvalue weighted by atomic mass is 127. The van der Waals surface area contributed by atoms with Crippen molar-refractivity contribution in [2.45, 2.75) is 19.3 Å². The summed E-state index contributed by atoms with van der Waals surface area (Å²) in [4.78, 5) is 11.5. The average molecular weight is 354 g/mol. The summed E-state index contributed by atoms with van der Waals surface area (Å²) in [6, 6.07) is 5.47. The molecule has 0 saturated heterocycles. The molecular weight excluding hydrogens is 340 g/mol. The normalized spacial score (nSPS) is 10.2. The molecule has 1 aromatic carbocycles. The first kappa shape index (κ1) is 13.7. The van der Waals surface area contributed by atoms with Gasteiger partial charge in [0.25, 0.3) is 0 Å². The summed E-state index contributed by atoms with van der Waals surface area (Å²) < 4.78 is 1.03. The summed E-state index contributed by atoms with van der Waals surface area (Å²) in [6.07, 6.45) is 1.74. The third-order valence-corrected chi connectivity index (χ3v) is 3.00. The van der Waals surface area contributed by atoms with Crippen LogP contribution in [0.5, 0.6) is 0 Å². The van der Waals surface area contributed by atoms with E-state index in [0.717, 1.165) is 3.57 Å². The molecule has 0 spiro atoms. The minimum atomic E-state index is -0.0726. The van der Waals surface area contributed by atoms with E-state index in [0.29, 0.717) is 30.0 Å². The van der Waals surface area contributed by atoms with Crippen molar-refractivity contribution in [3.05, 3.63) is 26.8 Å². The van der Waals surface area contributed by atoms with Crippen LogP contribution >= 0.6 is 34.2 Å². The van der Waals surface area contributed by atoms with E-state index < -0.39 is 0 Å². The van der Waals surface area contributed by atoms with Gasteiger partial charge < -0.3 is 10.4 Å². The zero-order chi connectivity index (χ0) is 12.0. The van der Waals surface area contributed by atoms with Crippen molar-refractivity contribution in [2.24, 2.45) is 0 Å². The number of amides is 1. The van der Waals surface area contributed by atoms with Gasteiger partial charge in [0, 0.05) is 16.6 Å². The fraction of sp³-hybridized carbons (Fsp3) is 0.364. The highest BCUT2D eigenvalue weighted by Crippen LogP contribution is 2.23. The maximum absolute atomic E-state index is 11.5. The molecule has 5 heteroatoms. The molecule has 3 nitrogen and oxygen atoms in total. The second-order valence-corrected chi connectivity index (χ2v) is 5.01. The predicted octanol–water partition coefficient (Wildman–Crippen LogP) is 3.05. The van der Waals surface area contributed by atoms with Gasteiger partial charge in [0.15, 0.2) is 0 Å². The summed E-state index contributed by atoms with van der Waals surface area (Å²) in [5.41, 5.74) is 0.635. The minimum Gasteiger partial charge on any atom is -0.396 e. The van der Waals surface area contributed by atoms with E-state index in [2.05, 4.69) is 27.9 Å². The average Bonchev–Trinajstić information content (AvgIpc) is 2.23. The van der Waals surface area contributed by atoms with Crippen molar-refractivity contribution in [1.82, 2.24) is 0 Å². The SMILES string of the molecule is O=C(CCCCO)Nc1ccc(I)cc1Cl. The van der Waals surface area contributed by atoms with E-state index in [1.807, 2.05) is 6.07 Å². The molecular formula is C11H13ClINO2. The van der Waals surface area contributed by atoms with Crippen LogP contribution in [-0.4, -0.2) is 17.6 Å². The van der Waals surface area contributed by atoms with Crippen molar-refractivity contribution in [3.63, 3.8) is 0 Å². The van der Waals surface area contributed by atoms with Crippen molar-refractivity contribution in [1.29, 1.82) is 0 Å². The number of carbonyl (C=O) groups excluding carboxylic acids is 1.